The van der Waals surface area contributed by atoms with E-state index in [0.717, 1.165) is 50.5 Å². The van der Waals surface area contributed by atoms with Crippen LogP contribution in [0.3, 0.4) is 0 Å². The molecule has 3 heterocycles. The highest BCUT2D eigenvalue weighted by molar-refractivity contribution is 7.19. The van der Waals surface area contributed by atoms with Crippen LogP contribution in [-0.2, 0) is 17.8 Å². The molecule has 1 aliphatic rings. The van der Waals surface area contributed by atoms with Crippen LogP contribution in [-0.4, -0.2) is 27.2 Å². The Morgan fingerprint density at radius 2 is 1.94 bits per heavy atom. The number of benzene rings is 2. The summed E-state index contributed by atoms with van der Waals surface area (Å²) in [5.41, 5.74) is 6.04. The maximum atomic E-state index is 13.3. The van der Waals surface area contributed by atoms with Crippen molar-refractivity contribution >= 4 is 33.1 Å². The first kappa shape index (κ1) is 20.6. The zero-order chi connectivity index (χ0) is 22.4. The third-order valence-corrected chi connectivity index (χ3v) is 6.92. The Labute approximate surface area is 190 Å². The van der Waals surface area contributed by atoms with E-state index in [1.807, 2.05) is 51.1 Å². The molecule has 0 spiro atoms. The van der Waals surface area contributed by atoms with Gasteiger partial charge in [-0.3, -0.25) is 9.59 Å². The Morgan fingerprint density at radius 3 is 2.75 bits per heavy atom. The van der Waals surface area contributed by atoms with Gasteiger partial charge in [0.2, 0.25) is 5.91 Å². The highest BCUT2D eigenvalue weighted by Crippen LogP contribution is 2.32. The van der Waals surface area contributed by atoms with Gasteiger partial charge < -0.3 is 4.90 Å². The highest BCUT2D eigenvalue weighted by Gasteiger charge is 2.24. The topological polar surface area (TPSA) is 68.1 Å². The minimum Gasteiger partial charge on any atom is -0.311 e. The number of aromatic nitrogens is 3. The van der Waals surface area contributed by atoms with Crippen molar-refractivity contribution in [3.05, 3.63) is 74.5 Å². The molecule has 0 unspecified atom stereocenters. The SMILES string of the molecule is Cc1ccc(-c2nn(CC(=O)N3CCCc4ccccc43)c(=O)c3nc(C)sc23)c(C)c1. The number of thiazole rings is 1. The van der Waals surface area contributed by atoms with Gasteiger partial charge >= 0.3 is 0 Å². The summed E-state index contributed by atoms with van der Waals surface area (Å²) in [7, 11) is 0. The summed E-state index contributed by atoms with van der Waals surface area (Å²) in [6.45, 7) is 6.50. The maximum Gasteiger partial charge on any atom is 0.294 e. The van der Waals surface area contributed by atoms with Crippen molar-refractivity contribution in [3.8, 4) is 11.3 Å². The molecule has 0 N–H and O–H groups in total. The summed E-state index contributed by atoms with van der Waals surface area (Å²) in [5.74, 6) is -0.135. The van der Waals surface area contributed by atoms with Gasteiger partial charge in [0.1, 0.15) is 12.2 Å². The number of carbonyl (C=O) groups excluding carboxylic acids is 1. The Morgan fingerprint density at radius 1 is 1.12 bits per heavy atom. The molecule has 6 nitrogen and oxygen atoms in total. The van der Waals surface area contributed by atoms with Crippen molar-refractivity contribution in [1.29, 1.82) is 0 Å². The third kappa shape index (κ3) is 3.52. The van der Waals surface area contributed by atoms with E-state index in [4.69, 9.17) is 5.10 Å². The number of carbonyl (C=O) groups is 1. The van der Waals surface area contributed by atoms with Gasteiger partial charge in [-0.15, -0.1) is 11.3 Å². The number of para-hydroxylation sites is 1. The normalized spacial score (nSPS) is 13.4. The van der Waals surface area contributed by atoms with E-state index in [1.165, 1.54) is 16.0 Å². The predicted octanol–water partition coefficient (Wildman–Crippen LogP) is 4.42. The molecule has 7 heteroatoms. The Balaban J connectivity index is 1.60. The maximum absolute atomic E-state index is 13.3. The molecule has 5 rings (SSSR count). The van der Waals surface area contributed by atoms with E-state index in [1.54, 1.807) is 4.90 Å². The summed E-state index contributed by atoms with van der Waals surface area (Å²) < 4.78 is 2.06. The molecule has 0 aliphatic carbocycles. The second kappa shape index (κ2) is 7.98. The van der Waals surface area contributed by atoms with Crippen LogP contribution in [0.2, 0.25) is 0 Å². The molecule has 0 radical (unpaired) electrons. The minimum absolute atomic E-state index is 0.114. The van der Waals surface area contributed by atoms with Crippen molar-refractivity contribution in [3.63, 3.8) is 0 Å². The Hall–Kier alpha value is -3.32. The average molecular weight is 445 g/mol. The van der Waals surface area contributed by atoms with Gasteiger partial charge in [-0.2, -0.15) is 5.10 Å². The molecular formula is C25H24N4O2S. The van der Waals surface area contributed by atoms with E-state index in [2.05, 4.69) is 17.1 Å². The van der Waals surface area contributed by atoms with Crippen LogP contribution in [0.5, 0.6) is 0 Å². The number of hydrogen-bond acceptors (Lipinski definition) is 5. The van der Waals surface area contributed by atoms with Crippen LogP contribution in [0.15, 0.2) is 47.3 Å². The van der Waals surface area contributed by atoms with Gasteiger partial charge in [-0.05, 0) is 50.8 Å². The second-order valence-electron chi connectivity index (χ2n) is 8.32. The predicted molar refractivity (Wildman–Crippen MR) is 128 cm³/mol. The quantitative estimate of drug-likeness (QED) is 0.469. The van der Waals surface area contributed by atoms with Gasteiger partial charge in [0.05, 0.1) is 9.71 Å². The molecular weight excluding hydrogens is 420 g/mol. The van der Waals surface area contributed by atoms with Crippen molar-refractivity contribution in [1.82, 2.24) is 14.8 Å². The molecule has 0 bridgehead atoms. The number of hydrogen-bond donors (Lipinski definition) is 0. The smallest absolute Gasteiger partial charge is 0.294 e. The lowest BCUT2D eigenvalue weighted by Crippen LogP contribution is -2.40. The standard InChI is InChI=1S/C25H24N4O2S/c1-15-10-11-19(16(2)13-15)22-24-23(26-17(3)32-24)25(31)29(27-22)14-21(30)28-12-6-8-18-7-4-5-9-20(18)28/h4-5,7,9-11,13H,6,8,12,14H2,1-3H3. The number of aryl methyl sites for hydroxylation is 4. The molecule has 0 saturated heterocycles. The van der Waals surface area contributed by atoms with E-state index in [-0.39, 0.29) is 18.0 Å². The van der Waals surface area contributed by atoms with Crippen LogP contribution in [0.4, 0.5) is 5.69 Å². The fourth-order valence-corrected chi connectivity index (χ4v) is 5.34. The summed E-state index contributed by atoms with van der Waals surface area (Å²) in [5, 5.41) is 5.50. The minimum atomic E-state index is -0.323. The Kier molecular flexibility index (Phi) is 5.13. The number of anilines is 1. The van der Waals surface area contributed by atoms with E-state index in [9.17, 15) is 9.59 Å². The van der Waals surface area contributed by atoms with E-state index in [0.29, 0.717) is 17.8 Å². The van der Waals surface area contributed by atoms with Crippen LogP contribution in [0.25, 0.3) is 21.5 Å². The zero-order valence-electron chi connectivity index (χ0n) is 18.4. The summed E-state index contributed by atoms with van der Waals surface area (Å²) in [6.07, 6.45) is 1.86. The van der Waals surface area contributed by atoms with Gasteiger partial charge in [0, 0.05) is 17.8 Å². The van der Waals surface area contributed by atoms with Crippen molar-refractivity contribution in [2.75, 3.05) is 11.4 Å². The van der Waals surface area contributed by atoms with Crippen LogP contribution in [0.1, 0.15) is 28.1 Å². The summed E-state index contributed by atoms with van der Waals surface area (Å²) in [4.78, 5) is 32.8. The number of rotatable bonds is 3. The summed E-state index contributed by atoms with van der Waals surface area (Å²) in [6, 6.07) is 14.1. The monoisotopic (exact) mass is 444 g/mol. The third-order valence-electron chi connectivity index (χ3n) is 5.94. The molecule has 2 aromatic heterocycles. The summed E-state index contributed by atoms with van der Waals surface area (Å²) >= 11 is 1.46. The molecule has 1 aliphatic heterocycles. The molecule has 0 atom stereocenters. The number of nitrogens with zero attached hydrogens (tertiary/aromatic N) is 4. The van der Waals surface area contributed by atoms with Crippen molar-refractivity contribution < 1.29 is 4.79 Å². The molecule has 162 valence electrons. The lowest BCUT2D eigenvalue weighted by molar-refractivity contribution is -0.119. The molecule has 1 amide bonds. The molecule has 32 heavy (non-hydrogen) atoms. The van der Waals surface area contributed by atoms with Gasteiger partial charge in [-0.1, -0.05) is 42.0 Å². The van der Waals surface area contributed by atoms with Gasteiger partial charge in [0.15, 0.2) is 5.52 Å². The van der Waals surface area contributed by atoms with Crippen LogP contribution >= 0.6 is 11.3 Å². The first-order valence-corrected chi connectivity index (χ1v) is 11.6. The molecule has 4 aromatic rings. The average Bonchev–Trinajstić information content (AvgIpc) is 3.17. The Bertz CT molecular complexity index is 1420. The van der Waals surface area contributed by atoms with Crippen molar-refractivity contribution in [2.45, 2.75) is 40.2 Å². The van der Waals surface area contributed by atoms with Gasteiger partial charge in [-0.25, -0.2) is 9.67 Å². The first-order valence-electron chi connectivity index (χ1n) is 10.8. The largest absolute Gasteiger partial charge is 0.311 e. The van der Waals surface area contributed by atoms with Crippen LogP contribution in [0, 0.1) is 20.8 Å². The first-order chi connectivity index (χ1) is 15.4. The fourth-order valence-electron chi connectivity index (χ4n) is 4.44. The molecule has 0 fully saturated rings. The fraction of sp³-hybridized carbons (Fsp3) is 0.280. The van der Waals surface area contributed by atoms with E-state index >= 15 is 0 Å². The molecule has 2 aromatic carbocycles. The van der Waals surface area contributed by atoms with Gasteiger partial charge in [0.25, 0.3) is 5.56 Å². The zero-order valence-corrected chi connectivity index (χ0v) is 19.2. The number of fused-ring (bicyclic) bond motifs is 2. The van der Waals surface area contributed by atoms with Crippen molar-refractivity contribution in [2.24, 2.45) is 0 Å². The lowest BCUT2D eigenvalue weighted by atomic mass is 10.0. The second-order valence-corrected chi connectivity index (χ2v) is 9.52. The van der Waals surface area contributed by atoms with Crippen LogP contribution < -0.4 is 10.5 Å². The molecule has 0 saturated carbocycles. The highest BCUT2D eigenvalue weighted by atomic mass is 32.1. The number of amides is 1. The van der Waals surface area contributed by atoms with E-state index < -0.39 is 0 Å². The lowest BCUT2D eigenvalue weighted by Gasteiger charge is -2.29.